The fourth-order valence-electron chi connectivity index (χ4n) is 2.57. The zero-order valence-corrected chi connectivity index (χ0v) is 12.4. The summed E-state index contributed by atoms with van der Waals surface area (Å²) in [5, 5.41) is 0.678. The Kier molecular flexibility index (Phi) is 4.86. The van der Waals surface area contributed by atoms with Crippen LogP contribution in [0.2, 0.25) is 0 Å². The van der Waals surface area contributed by atoms with Gasteiger partial charge in [0.1, 0.15) is 0 Å². The third kappa shape index (κ3) is 3.22. The van der Waals surface area contributed by atoms with E-state index in [2.05, 4.69) is 15.9 Å². The molecule has 6 heteroatoms. The van der Waals surface area contributed by atoms with Crippen molar-refractivity contribution in [2.75, 3.05) is 31.6 Å². The maximum absolute atomic E-state index is 12.5. The van der Waals surface area contributed by atoms with E-state index in [0.717, 1.165) is 18.2 Å². The van der Waals surface area contributed by atoms with Crippen molar-refractivity contribution in [3.05, 3.63) is 0 Å². The summed E-state index contributed by atoms with van der Waals surface area (Å²) in [7, 11) is -3.10. The molecular formula is C11H20BrNO3S. The molecule has 0 spiro atoms. The van der Waals surface area contributed by atoms with Crippen molar-refractivity contribution in [2.45, 2.75) is 30.9 Å². The topological polar surface area (TPSA) is 46.6 Å². The van der Waals surface area contributed by atoms with E-state index in [9.17, 15) is 8.42 Å². The van der Waals surface area contributed by atoms with Crippen LogP contribution in [-0.4, -0.2) is 49.6 Å². The van der Waals surface area contributed by atoms with Crippen molar-refractivity contribution in [3.8, 4) is 0 Å². The van der Waals surface area contributed by atoms with Crippen LogP contribution in [-0.2, 0) is 14.8 Å². The zero-order chi connectivity index (χ0) is 12.3. The summed E-state index contributed by atoms with van der Waals surface area (Å²) in [4.78, 5) is 0. The lowest BCUT2D eigenvalue weighted by molar-refractivity contribution is 0.0967. The number of sulfonamides is 1. The Balaban J connectivity index is 2.03. The second kappa shape index (κ2) is 5.99. The number of halogens is 1. The second-order valence-electron chi connectivity index (χ2n) is 4.88. The van der Waals surface area contributed by atoms with Gasteiger partial charge in [-0.25, -0.2) is 12.7 Å². The van der Waals surface area contributed by atoms with Crippen LogP contribution >= 0.6 is 15.9 Å². The van der Waals surface area contributed by atoms with Gasteiger partial charge < -0.3 is 4.74 Å². The molecule has 0 aliphatic carbocycles. The Morgan fingerprint density at radius 3 is 2.59 bits per heavy atom. The van der Waals surface area contributed by atoms with Gasteiger partial charge in [0.05, 0.1) is 5.25 Å². The fourth-order valence-corrected chi connectivity index (χ4v) is 5.11. The van der Waals surface area contributed by atoms with Crippen molar-refractivity contribution >= 4 is 26.0 Å². The highest BCUT2D eigenvalue weighted by molar-refractivity contribution is 9.09. The van der Waals surface area contributed by atoms with Gasteiger partial charge in [0.25, 0.3) is 0 Å². The van der Waals surface area contributed by atoms with E-state index in [1.807, 2.05) is 0 Å². The van der Waals surface area contributed by atoms with E-state index in [1.54, 1.807) is 4.31 Å². The highest BCUT2D eigenvalue weighted by Gasteiger charge is 2.35. The minimum atomic E-state index is -3.10. The predicted molar refractivity (Wildman–Crippen MR) is 70.9 cm³/mol. The van der Waals surface area contributed by atoms with Crippen LogP contribution in [0.15, 0.2) is 0 Å². The summed E-state index contributed by atoms with van der Waals surface area (Å²) in [6, 6.07) is 0. The van der Waals surface area contributed by atoms with Crippen LogP contribution in [0.25, 0.3) is 0 Å². The van der Waals surface area contributed by atoms with Gasteiger partial charge in [0.2, 0.25) is 10.0 Å². The molecule has 4 nitrogen and oxygen atoms in total. The van der Waals surface area contributed by atoms with E-state index in [4.69, 9.17) is 4.74 Å². The average molecular weight is 326 g/mol. The quantitative estimate of drug-likeness (QED) is 0.740. The molecule has 17 heavy (non-hydrogen) atoms. The Morgan fingerprint density at radius 1 is 1.24 bits per heavy atom. The highest BCUT2D eigenvalue weighted by Crippen LogP contribution is 2.26. The number of hydrogen-bond acceptors (Lipinski definition) is 3. The third-order valence-corrected chi connectivity index (χ3v) is 6.93. The molecule has 1 atom stereocenters. The van der Waals surface area contributed by atoms with Crippen molar-refractivity contribution in [3.63, 3.8) is 0 Å². The number of rotatable bonds is 3. The van der Waals surface area contributed by atoms with Gasteiger partial charge in [0, 0.05) is 31.6 Å². The Morgan fingerprint density at radius 2 is 1.94 bits per heavy atom. The molecule has 1 unspecified atom stereocenters. The monoisotopic (exact) mass is 325 g/mol. The molecule has 0 radical (unpaired) electrons. The molecule has 2 aliphatic heterocycles. The minimum absolute atomic E-state index is 0.217. The van der Waals surface area contributed by atoms with E-state index in [0.29, 0.717) is 45.1 Å². The molecule has 0 aromatic rings. The van der Waals surface area contributed by atoms with Gasteiger partial charge in [-0.2, -0.15) is 0 Å². The van der Waals surface area contributed by atoms with E-state index in [-0.39, 0.29) is 5.25 Å². The van der Waals surface area contributed by atoms with E-state index >= 15 is 0 Å². The van der Waals surface area contributed by atoms with Gasteiger partial charge in [-0.05, 0) is 31.6 Å². The first-order valence-corrected chi connectivity index (χ1v) is 8.89. The van der Waals surface area contributed by atoms with Crippen LogP contribution < -0.4 is 0 Å². The SMILES string of the molecule is O=S(=O)(C1CCOCC1)N1CCCC(CBr)C1. The first-order chi connectivity index (χ1) is 8.14. The molecule has 0 aromatic heterocycles. The summed E-state index contributed by atoms with van der Waals surface area (Å²) in [6.07, 6.45) is 3.42. The first-order valence-electron chi connectivity index (χ1n) is 6.27. The lowest BCUT2D eigenvalue weighted by atomic mass is 10.0. The minimum Gasteiger partial charge on any atom is -0.381 e. The highest BCUT2D eigenvalue weighted by atomic mass is 79.9. The van der Waals surface area contributed by atoms with Crippen LogP contribution in [0.1, 0.15) is 25.7 Å². The number of nitrogens with zero attached hydrogens (tertiary/aromatic N) is 1. The van der Waals surface area contributed by atoms with E-state index in [1.165, 1.54) is 0 Å². The van der Waals surface area contributed by atoms with E-state index < -0.39 is 10.0 Å². The molecule has 0 N–H and O–H groups in total. The molecule has 0 bridgehead atoms. The first kappa shape index (κ1) is 13.8. The van der Waals surface area contributed by atoms with Crippen LogP contribution in [0.3, 0.4) is 0 Å². The van der Waals surface area contributed by atoms with Gasteiger partial charge in [-0.3, -0.25) is 0 Å². The second-order valence-corrected chi connectivity index (χ2v) is 7.74. The molecule has 2 aliphatic rings. The predicted octanol–water partition coefficient (Wildman–Crippen LogP) is 1.60. The smallest absolute Gasteiger partial charge is 0.217 e. The van der Waals surface area contributed by atoms with Gasteiger partial charge in [-0.15, -0.1) is 0 Å². The van der Waals surface area contributed by atoms with Gasteiger partial charge in [0.15, 0.2) is 0 Å². The lowest BCUT2D eigenvalue weighted by Gasteiger charge is -2.34. The molecule has 0 aromatic carbocycles. The van der Waals surface area contributed by atoms with Crippen molar-refractivity contribution in [1.82, 2.24) is 4.31 Å². The molecule has 2 fully saturated rings. The number of piperidine rings is 1. The molecule has 0 saturated carbocycles. The van der Waals surface area contributed by atoms with Crippen LogP contribution in [0.5, 0.6) is 0 Å². The fraction of sp³-hybridized carbons (Fsp3) is 1.00. The number of alkyl halides is 1. The summed E-state index contributed by atoms with van der Waals surface area (Å²) < 4.78 is 31.9. The van der Waals surface area contributed by atoms with Crippen molar-refractivity contribution in [2.24, 2.45) is 5.92 Å². The lowest BCUT2D eigenvalue weighted by Crippen LogP contribution is -2.46. The number of ether oxygens (including phenoxy) is 1. The molecule has 2 saturated heterocycles. The normalized spacial score (nSPS) is 29.4. The molecule has 2 heterocycles. The molecule has 0 amide bonds. The summed E-state index contributed by atoms with van der Waals surface area (Å²) in [5.41, 5.74) is 0. The van der Waals surface area contributed by atoms with Crippen LogP contribution in [0.4, 0.5) is 0 Å². The van der Waals surface area contributed by atoms with Crippen LogP contribution in [0, 0.1) is 5.92 Å². The summed E-state index contributed by atoms with van der Waals surface area (Å²) >= 11 is 3.46. The third-order valence-electron chi connectivity index (χ3n) is 3.65. The Hall–Kier alpha value is 0.350. The number of hydrogen-bond donors (Lipinski definition) is 0. The molecular weight excluding hydrogens is 306 g/mol. The Bertz CT molecular complexity index is 341. The average Bonchev–Trinajstić information content (AvgIpc) is 2.40. The largest absolute Gasteiger partial charge is 0.381 e. The molecule has 2 rings (SSSR count). The van der Waals surface area contributed by atoms with Crippen molar-refractivity contribution in [1.29, 1.82) is 0 Å². The standard InChI is InChI=1S/C11H20BrNO3S/c12-8-10-2-1-5-13(9-10)17(14,15)11-3-6-16-7-4-11/h10-11H,1-9H2. The van der Waals surface area contributed by atoms with Crippen molar-refractivity contribution < 1.29 is 13.2 Å². The zero-order valence-electron chi connectivity index (χ0n) is 9.98. The maximum atomic E-state index is 12.5. The van der Waals surface area contributed by atoms with Gasteiger partial charge >= 0.3 is 0 Å². The van der Waals surface area contributed by atoms with Gasteiger partial charge in [-0.1, -0.05) is 15.9 Å². The Labute approximate surface area is 112 Å². The molecule has 100 valence electrons. The summed E-state index contributed by atoms with van der Waals surface area (Å²) in [5.74, 6) is 0.471. The maximum Gasteiger partial charge on any atom is 0.217 e. The summed E-state index contributed by atoms with van der Waals surface area (Å²) in [6.45, 7) is 2.55.